The van der Waals surface area contributed by atoms with E-state index >= 15 is 0 Å². The molecule has 0 saturated carbocycles. The Morgan fingerprint density at radius 2 is 2.04 bits per heavy atom. The van der Waals surface area contributed by atoms with Crippen molar-refractivity contribution in [3.63, 3.8) is 0 Å². The van der Waals surface area contributed by atoms with Crippen LogP contribution in [0.2, 0.25) is 0 Å². The number of rotatable bonds is 3. The summed E-state index contributed by atoms with van der Waals surface area (Å²) in [6, 6.07) is 0. The lowest BCUT2D eigenvalue weighted by Crippen LogP contribution is -2.42. The molecule has 1 aliphatic heterocycles. The molecule has 2 atom stereocenters. The first-order valence-corrected chi connectivity index (χ1v) is 9.04. The summed E-state index contributed by atoms with van der Waals surface area (Å²) >= 11 is 0. The van der Waals surface area contributed by atoms with Gasteiger partial charge in [0, 0.05) is 37.2 Å². The van der Waals surface area contributed by atoms with Crippen molar-refractivity contribution in [2.24, 2.45) is 5.92 Å². The molecule has 1 saturated heterocycles. The summed E-state index contributed by atoms with van der Waals surface area (Å²) in [5, 5.41) is 14.1. The van der Waals surface area contributed by atoms with Gasteiger partial charge in [0.15, 0.2) is 0 Å². The van der Waals surface area contributed by atoms with Crippen molar-refractivity contribution in [3.8, 4) is 22.5 Å². The molecule has 0 aromatic carbocycles. The minimum Gasteiger partial charge on any atom is -0.393 e. The van der Waals surface area contributed by atoms with Crippen molar-refractivity contribution in [2.45, 2.75) is 33.3 Å². The minimum atomic E-state index is -0.276. The molecule has 0 aliphatic carbocycles. The van der Waals surface area contributed by atoms with Crippen molar-refractivity contribution < 1.29 is 9.63 Å². The van der Waals surface area contributed by atoms with Crippen LogP contribution in [0, 0.1) is 19.8 Å². The molecule has 0 bridgehead atoms. The highest BCUT2D eigenvalue weighted by atomic mass is 16.5. The van der Waals surface area contributed by atoms with Gasteiger partial charge in [0.2, 0.25) is 5.95 Å². The average molecular weight is 366 g/mol. The summed E-state index contributed by atoms with van der Waals surface area (Å²) in [6.07, 6.45) is 7.19. The third-order valence-corrected chi connectivity index (χ3v) is 5.03. The third kappa shape index (κ3) is 3.28. The lowest BCUT2D eigenvalue weighted by Gasteiger charge is -2.34. The van der Waals surface area contributed by atoms with Gasteiger partial charge < -0.3 is 14.5 Å². The van der Waals surface area contributed by atoms with E-state index in [2.05, 4.69) is 25.0 Å². The van der Waals surface area contributed by atoms with E-state index in [0.717, 1.165) is 29.1 Å². The van der Waals surface area contributed by atoms with Crippen LogP contribution in [0.5, 0.6) is 0 Å². The molecule has 8 heteroatoms. The molecule has 0 unspecified atom stereocenters. The first-order chi connectivity index (χ1) is 13.0. The summed E-state index contributed by atoms with van der Waals surface area (Å²) in [5.74, 6) is 1.51. The predicted molar refractivity (Wildman–Crippen MR) is 100 cm³/mol. The Morgan fingerprint density at radius 3 is 2.70 bits per heavy atom. The Morgan fingerprint density at radius 1 is 1.19 bits per heavy atom. The van der Waals surface area contributed by atoms with Crippen LogP contribution < -0.4 is 4.90 Å². The molecule has 27 heavy (non-hydrogen) atoms. The monoisotopic (exact) mass is 366 g/mol. The van der Waals surface area contributed by atoms with Crippen molar-refractivity contribution in [3.05, 3.63) is 36.2 Å². The lowest BCUT2D eigenvalue weighted by atomic mass is 9.97. The highest BCUT2D eigenvalue weighted by Gasteiger charge is 2.27. The molecule has 4 rings (SSSR count). The molecular formula is C19H22N6O2. The number of aryl methyl sites for hydroxylation is 2. The van der Waals surface area contributed by atoms with Crippen LogP contribution in [0.4, 0.5) is 5.95 Å². The first kappa shape index (κ1) is 17.5. The van der Waals surface area contributed by atoms with Crippen LogP contribution in [0.15, 0.2) is 29.3 Å². The largest absolute Gasteiger partial charge is 0.393 e. The number of aliphatic hydroxyl groups is 1. The van der Waals surface area contributed by atoms with Crippen LogP contribution in [0.3, 0.4) is 0 Å². The molecule has 1 fully saturated rings. The van der Waals surface area contributed by atoms with E-state index in [1.807, 2.05) is 20.8 Å². The van der Waals surface area contributed by atoms with Gasteiger partial charge in [0.1, 0.15) is 5.76 Å². The Hall–Kier alpha value is -2.87. The first-order valence-electron chi connectivity index (χ1n) is 9.04. The maximum atomic E-state index is 10.0. The quantitative estimate of drug-likeness (QED) is 0.754. The second-order valence-corrected chi connectivity index (χ2v) is 7.00. The number of aromatic nitrogens is 5. The molecule has 1 aliphatic rings. The predicted octanol–water partition coefficient (Wildman–Crippen LogP) is 2.41. The molecule has 3 aromatic heterocycles. The maximum Gasteiger partial charge on any atom is 0.225 e. The van der Waals surface area contributed by atoms with E-state index in [1.54, 1.807) is 24.8 Å². The Balaban J connectivity index is 1.82. The smallest absolute Gasteiger partial charge is 0.225 e. The summed E-state index contributed by atoms with van der Waals surface area (Å²) < 4.78 is 5.36. The average Bonchev–Trinajstić information content (AvgIpc) is 3.02. The van der Waals surface area contributed by atoms with E-state index in [0.29, 0.717) is 30.4 Å². The van der Waals surface area contributed by atoms with Gasteiger partial charge in [0.05, 0.1) is 34.9 Å². The van der Waals surface area contributed by atoms with Gasteiger partial charge in [-0.15, -0.1) is 0 Å². The summed E-state index contributed by atoms with van der Waals surface area (Å²) in [7, 11) is 0. The summed E-state index contributed by atoms with van der Waals surface area (Å²) in [4.78, 5) is 20.1. The highest BCUT2D eigenvalue weighted by Crippen LogP contribution is 2.34. The van der Waals surface area contributed by atoms with E-state index in [1.165, 1.54) is 0 Å². The fourth-order valence-corrected chi connectivity index (χ4v) is 3.48. The second-order valence-electron chi connectivity index (χ2n) is 7.00. The number of piperidine rings is 1. The lowest BCUT2D eigenvalue weighted by molar-refractivity contribution is 0.0966. The zero-order chi connectivity index (χ0) is 19.0. The van der Waals surface area contributed by atoms with E-state index in [-0.39, 0.29) is 12.0 Å². The Bertz CT molecular complexity index is 923. The van der Waals surface area contributed by atoms with Gasteiger partial charge in [0.25, 0.3) is 0 Å². The number of hydrogen-bond donors (Lipinski definition) is 1. The van der Waals surface area contributed by atoms with Crippen LogP contribution in [0.1, 0.15) is 24.8 Å². The summed E-state index contributed by atoms with van der Waals surface area (Å²) in [6.45, 7) is 7.24. The van der Waals surface area contributed by atoms with Gasteiger partial charge in [-0.25, -0.2) is 9.97 Å². The molecule has 140 valence electrons. The van der Waals surface area contributed by atoms with Crippen molar-refractivity contribution in [1.29, 1.82) is 0 Å². The van der Waals surface area contributed by atoms with E-state index < -0.39 is 0 Å². The maximum absolute atomic E-state index is 10.0. The molecular weight excluding hydrogens is 344 g/mol. The van der Waals surface area contributed by atoms with Crippen molar-refractivity contribution >= 4 is 5.95 Å². The number of nitrogens with zero attached hydrogens (tertiary/aromatic N) is 6. The van der Waals surface area contributed by atoms with Crippen LogP contribution >= 0.6 is 0 Å². The summed E-state index contributed by atoms with van der Waals surface area (Å²) in [5.41, 5.74) is 3.83. The van der Waals surface area contributed by atoms with Crippen LogP contribution in [-0.4, -0.2) is 49.4 Å². The number of aliphatic hydroxyl groups excluding tert-OH is 1. The van der Waals surface area contributed by atoms with Crippen molar-refractivity contribution in [1.82, 2.24) is 25.1 Å². The number of hydrogen-bond acceptors (Lipinski definition) is 8. The normalized spacial score (nSPS) is 20.1. The molecule has 0 amide bonds. The Kier molecular flexibility index (Phi) is 4.57. The van der Waals surface area contributed by atoms with E-state index in [4.69, 9.17) is 9.51 Å². The highest BCUT2D eigenvalue weighted by molar-refractivity contribution is 5.80. The number of anilines is 1. The standard InChI is InChI=1S/C19H22N6O2/c1-11-10-25(7-4-16(11)26)19-22-8-14(15-9-20-5-6-21-15)18(23-19)17-12(2)24-27-13(17)3/h5-6,8-9,11,16,26H,4,7,10H2,1-3H3/t11-,16+/m0/s1. The van der Waals surface area contributed by atoms with Crippen LogP contribution in [0.25, 0.3) is 22.5 Å². The van der Waals surface area contributed by atoms with Gasteiger partial charge in [-0.1, -0.05) is 12.1 Å². The van der Waals surface area contributed by atoms with Crippen LogP contribution in [-0.2, 0) is 0 Å². The molecule has 0 spiro atoms. The third-order valence-electron chi connectivity index (χ3n) is 5.03. The van der Waals surface area contributed by atoms with Gasteiger partial charge >= 0.3 is 0 Å². The zero-order valence-electron chi connectivity index (χ0n) is 15.6. The van der Waals surface area contributed by atoms with Gasteiger partial charge in [-0.05, 0) is 26.2 Å². The van der Waals surface area contributed by atoms with Gasteiger partial charge in [-0.3, -0.25) is 9.97 Å². The van der Waals surface area contributed by atoms with E-state index in [9.17, 15) is 5.11 Å². The zero-order valence-corrected chi connectivity index (χ0v) is 15.6. The Labute approximate surface area is 157 Å². The molecule has 3 aromatic rings. The molecule has 4 heterocycles. The fourth-order valence-electron chi connectivity index (χ4n) is 3.48. The van der Waals surface area contributed by atoms with Gasteiger partial charge in [-0.2, -0.15) is 0 Å². The molecule has 8 nitrogen and oxygen atoms in total. The van der Waals surface area contributed by atoms with Crippen molar-refractivity contribution in [2.75, 3.05) is 18.0 Å². The minimum absolute atomic E-state index is 0.171. The molecule has 1 N–H and O–H groups in total. The second kappa shape index (κ2) is 7.03. The topological polar surface area (TPSA) is 101 Å². The SMILES string of the molecule is Cc1noc(C)c1-c1nc(N2CC[C@@H](O)[C@@H](C)C2)ncc1-c1cnccn1. The fraction of sp³-hybridized carbons (Fsp3) is 0.421. The molecule has 0 radical (unpaired) electrons.